The van der Waals surface area contributed by atoms with Gasteiger partial charge in [-0.15, -0.1) is 0 Å². The molecule has 0 spiro atoms. The molecule has 3 N–H and O–H groups in total. The molecule has 0 aliphatic rings. The van der Waals surface area contributed by atoms with Crippen LogP contribution >= 0.6 is 0 Å². The molecule has 0 bridgehead atoms. The molecule has 0 saturated heterocycles. The molecule has 14 heavy (non-hydrogen) atoms. The Labute approximate surface area is 85.5 Å². The normalized spacial score (nSPS) is 14.2. The number of hydrogen-bond donors (Lipinski definition) is 2. The van der Waals surface area contributed by atoms with Gasteiger partial charge in [0.25, 0.3) is 0 Å². The smallest absolute Gasteiger partial charge is 0.407 e. The maximum atomic E-state index is 11.0. The van der Waals surface area contributed by atoms with Gasteiger partial charge in [0.05, 0.1) is 0 Å². The molecule has 0 aromatic rings. The molecule has 0 aliphatic carbocycles. The van der Waals surface area contributed by atoms with E-state index in [4.69, 9.17) is 10.5 Å². The molecule has 0 aliphatic heterocycles. The van der Waals surface area contributed by atoms with Gasteiger partial charge in [-0.1, -0.05) is 32.9 Å². The zero-order valence-electron chi connectivity index (χ0n) is 8.95. The van der Waals surface area contributed by atoms with Crippen molar-refractivity contribution in [1.29, 1.82) is 0 Å². The third kappa shape index (κ3) is 5.59. The fourth-order valence-corrected chi connectivity index (χ4v) is 0.891. The zero-order valence-corrected chi connectivity index (χ0v) is 8.95. The number of ether oxygens (including phenoxy) is 1. The molecule has 0 fully saturated rings. The number of carbonyl (C=O) groups is 1. The second-order valence-corrected chi connectivity index (χ2v) is 3.32. The summed E-state index contributed by atoms with van der Waals surface area (Å²) in [7, 11) is 0. The van der Waals surface area contributed by atoms with Gasteiger partial charge in [-0.2, -0.15) is 0 Å². The van der Waals surface area contributed by atoms with Crippen molar-refractivity contribution in [2.75, 3.05) is 13.2 Å². The lowest BCUT2D eigenvalue weighted by Gasteiger charge is -2.18. The van der Waals surface area contributed by atoms with Crippen LogP contribution in [0.1, 0.15) is 20.3 Å². The van der Waals surface area contributed by atoms with E-state index < -0.39 is 6.09 Å². The summed E-state index contributed by atoms with van der Waals surface area (Å²) < 4.78 is 4.73. The first kappa shape index (κ1) is 13.0. The highest BCUT2D eigenvalue weighted by Crippen LogP contribution is 2.03. The van der Waals surface area contributed by atoms with Crippen molar-refractivity contribution in [1.82, 2.24) is 5.32 Å². The van der Waals surface area contributed by atoms with Crippen LogP contribution in [0.3, 0.4) is 0 Å². The molecule has 2 atom stereocenters. The second kappa shape index (κ2) is 7.38. The molecule has 4 nitrogen and oxygen atoms in total. The summed E-state index contributed by atoms with van der Waals surface area (Å²) in [5, 5.41) is 2.60. The fraction of sp³-hybridized carbons (Fsp3) is 0.700. The van der Waals surface area contributed by atoms with Crippen molar-refractivity contribution in [2.24, 2.45) is 11.7 Å². The van der Waals surface area contributed by atoms with E-state index >= 15 is 0 Å². The minimum atomic E-state index is -0.441. The molecule has 0 saturated carbocycles. The number of amides is 1. The molecule has 0 aromatic heterocycles. The summed E-state index contributed by atoms with van der Waals surface area (Å²) >= 11 is 0. The lowest BCUT2D eigenvalue weighted by Crippen LogP contribution is -2.41. The van der Waals surface area contributed by atoms with Crippen LogP contribution in [0.15, 0.2) is 12.7 Å². The number of alkyl carbamates (subject to hydrolysis) is 1. The second-order valence-electron chi connectivity index (χ2n) is 3.32. The van der Waals surface area contributed by atoms with Crippen LogP contribution in [0.5, 0.6) is 0 Å². The molecular weight excluding hydrogens is 180 g/mol. The lowest BCUT2D eigenvalue weighted by atomic mass is 10.0. The third-order valence-corrected chi connectivity index (χ3v) is 2.19. The summed E-state index contributed by atoms with van der Waals surface area (Å²) in [6.45, 7) is 8.24. The number of nitrogens with two attached hydrogens (primary N) is 1. The van der Waals surface area contributed by atoms with Gasteiger partial charge in [0.2, 0.25) is 0 Å². The minimum absolute atomic E-state index is 0.0173. The Morgan fingerprint density at radius 1 is 1.71 bits per heavy atom. The predicted octanol–water partition coefficient (Wildman–Crippen LogP) is 1.27. The topological polar surface area (TPSA) is 64.3 Å². The van der Waals surface area contributed by atoms with Crippen molar-refractivity contribution in [3.8, 4) is 0 Å². The highest BCUT2D eigenvalue weighted by atomic mass is 16.5. The Bertz CT molecular complexity index is 183. The van der Waals surface area contributed by atoms with Crippen molar-refractivity contribution >= 4 is 6.09 Å². The summed E-state index contributed by atoms with van der Waals surface area (Å²) in [6, 6.07) is -0.0173. The lowest BCUT2D eigenvalue weighted by molar-refractivity contribution is 0.157. The van der Waals surface area contributed by atoms with Gasteiger partial charge in [0.1, 0.15) is 6.61 Å². The molecule has 0 heterocycles. The summed E-state index contributed by atoms with van der Waals surface area (Å²) in [5.74, 6) is 0.398. The first-order valence-corrected chi connectivity index (χ1v) is 4.88. The molecule has 82 valence electrons. The molecule has 0 aromatic carbocycles. The summed E-state index contributed by atoms with van der Waals surface area (Å²) in [4.78, 5) is 11.0. The maximum Gasteiger partial charge on any atom is 0.407 e. The largest absolute Gasteiger partial charge is 0.445 e. The van der Waals surface area contributed by atoms with Crippen molar-refractivity contribution in [3.63, 3.8) is 0 Å². The Hall–Kier alpha value is -1.03. The van der Waals surface area contributed by atoms with Crippen LogP contribution in [-0.2, 0) is 4.74 Å². The van der Waals surface area contributed by atoms with Gasteiger partial charge >= 0.3 is 6.09 Å². The van der Waals surface area contributed by atoms with Gasteiger partial charge < -0.3 is 15.8 Å². The van der Waals surface area contributed by atoms with Crippen LogP contribution < -0.4 is 11.1 Å². The van der Waals surface area contributed by atoms with Crippen LogP contribution in [0, 0.1) is 5.92 Å². The zero-order chi connectivity index (χ0) is 11.0. The summed E-state index contributed by atoms with van der Waals surface area (Å²) in [6.07, 6.45) is 2.09. The van der Waals surface area contributed by atoms with Crippen LogP contribution in [0.25, 0.3) is 0 Å². The highest BCUT2D eigenvalue weighted by Gasteiger charge is 2.11. The van der Waals surface area contributed by atoms with Gasteiger partial charge in [-0.05, 0) is 5.92 Å². The first-order valence-electron chi connectivity index (χ1n) is 4.88. The van der Waals surface area contributed by atoms with E-state index in [0.717, 1.165) is 6.42 Å². The van der Waals surface area contributed by atoms with Crippen LogP contribution in [0.2, 0.25) is 0 Å². The standard InChI is InChI=1S/C10H20N2O2/c1-4-6-14-10(13)12-7-9(11)8(3)5-2/h4,8-9H,1,5-7,11H2,2-3H3,(H,12,13)/t8-,9+/m0/s1. The Morgan fingerprint density at radius 3 is 2.86 bits per heavy atom. The average molecular weight is 200 g/mol. The molecule has 0 rings (SSSR count). The number of carbonyl (C=O) groups excluding carboxylic acids is 1. The number of rotatable bonds is 6. The molecular formula is C10H20N2O2. The van der Waals surface area contributed by atoms with E-state index in [0.29, 0.717) is 12.5 Å². The summed E-state index contributed by atoms with van der Waals surface area (Å²) in [5.41, 5.74) is 5.81. The Morgan fingerprint density at radius 2 is 2.36 bits per heavy atom. The average Bonchev–Trinajstić information content (AvgIpc) is 2.21. The van der Waals surface area contributed by atoms with Gasteiger partial charge in [-0.25, -0.2) is 4.79 Å². The predicted molar refractivity (Wildman–Crippen MR) is 57.0 cm³/mol. The van der Waals surface area contributed by atoms with Gasteiger partial charge in [0, 0.05) is 12.6 Å². The molecule has 0 unspecified atom stereocenters. The SMILES string of the molecule is C=CCOC(=O)NC[C@@H](N)[C@@H](C)CC. The van der Waals surface area contributed by atoms with Crippen molar-refractivity contribution in [2.45, 2.75) is 26.3 Å². The Kier molecular flexibility index (Phi) is 6.84. The monoisotopic (exact) mass is 200 g/mol. The van der Waals surface area contributed by atoms with E-state index in [1.165, 1.54) is 6.08 Å². The quantitative estimate of drug-likeness (QED) is 0.635. The van der Waals surface area contributed by atoms with Crippen LogP contribution in [0.4, 0.5) is 4.79 Å². The number of hydrogen-bond acceptors (Lipinski definition) is 3. The van der Waals surface area contributed by atoms with E-state index in [2.05, 4.69) is 25.7 Å². The van der Waals surface area contributed by atoms with Crippen molar-refractivity contribution < 1.29 is 9.53 Å². The fourth-order valence-electron chi connectivity index (χ4n) is 0.891. The van der Waals surface area contributed by atoms with Gasteiger partial charge in [-0.3, -0.25) is 0 Å². The van der Waals surface area contributed by atoms with E-state index in [1.807, 2.05) is 0 Å². The Balaban J connectivity index is 3.60. The minimum Gasteiger partial charge on any atom is -0.445 e. The molecule has 0 radical (unpaired) electrons. The molecule has 1 amide bonds. The van der Waals surface area contributed by atoms with E-state index in [-0.39, 0.29) is 12.6 Å². The highest BCUT2D eigenvalue weighted by molar-refractivity contribution is 5.67. The van der Waals surface area contributed by atoms with E-state index in [9.17, 15) is 4.79 Å². The van der Waals surface area contributed by atoms with Crippen LogP contribution in [-0.4, -0.2) is 25.3 Å². The number of nitrogens with one attached hydrogen (secondary N) is 1. The third-order valence-electron chi connectivity index (χ3n) is 2.19. The maximum absolute atomic E-state index is 11.0. The molecule has 4 heteroatoms. The van der Waals surface area contributed by atoms with E-state index in [1.54, 1.807) is 0 Å². The van der Waals surface area contributed by atoms with Crippen molar-refractivity contribution in [3.05, 3.63) is 12.7 Å². The van der Waals surface area contributed by atoms with Gasteiger partial charge in [0.15, 0.2) is 0 Å². The first-order chi connectivity index (χ1) is 6.61.